The lowest BCUT2D eigenvalue weighted by Gasteiger charge is -2.37. The summed E-state index contributed by atoms with van der Waals surface area (Å²) in [5.74, 6) is -2.03. The van der Waals surface area contributed by atoms with Crippen molar-refractivity contribution >= 4 is 22.7 Å². The van der Waals surface area contributed by atoms with Crippen LogP contribution >= 0.6 is 11.6 Å². The standard InChI is InChI=1S/C22H17ClF3N3O4/c1-12(15-6-5-14(11-16(15)23)32-19-27-8-3-9-28-19)21(31,22(24,25)26)13-4-7-18-17(10-13)29(2)20(30)33-18/h3-12,31H,1-2H3/t12-,21-/m1/s1. The average molecular weight is 480 g/mol. The molecule has 11 heteroatoms. The highest BCUT2D eigenvalue weighted by Crippen LogP contribution is 2.50. The fraction of sp³-hybridized carbons (Fsp3) is 0.227. The van der Waals surface area contributed by atoms with Gasteiger partial charge in [-0.05, 0) is 41.5 Å². The Bertz CT molecular complexity index is 1370. The van der Waals surface area contributed by atoms with E-state index < -0.39 is 29.0 Å². The summed E-state index contributed by atoms with van der Waals surface area (Å²) in [6.45, 7) is 1.22. The molecule has 172 valence electrons. The predicted molar refractivity (Wildman–Crippen MR) is 113 cm³/mol. The maximum Gasteiger partial charge on any atom is 0.422 e. The number of aliphatic hydroxyl groups is 1. The summed E-state index contributed by atoms with van der Waals surface area (Å²) < 4.78 is 54.4. The van der Waals surface area contributed by atoms with E-state index in [9.17, 15) is 23.1 Å². The van der Waals surface area contributed by atoms with Gasteiger partial charge < -0.3 is 14.3 Å². The second kappa shape index (κ2) is 8.20. The van der Waals surface area contributed by atoms with E-state index in [0.29, 0.717) is 0 Å². The lowest BCUT2D eigenvalue weighted by molar-refractivity contribution is -0.274. The van der Waals surface area contributed by atoms with Gasteiger partial charge in [-0.15, -0.1) is 0 Å². The van der Waals surface area contributed by atoms with E-state index in [0.717, 1.165) is 16.7 Å². The fourth-order valence-corrected chi connectivity index (χ4v) is 3.95. The number of oxazole rings is 1. The van der Waals surface area contributed by atoms with Gasteiger partial charge in [-0.2, -0.15) is 13.2 Å². The maximum absolute atomic E-state index is 14.3. The molecule has 2 aromatic heterocycles. The minimum Gasteiger partial charge on any atom is -0.424 e. The summed E-state index contributed by atoms with van der Waals surface area (Å²) in [5, 5.41) is 11.0. The van der Waals surface area contributed by atoms with Crippen molar-refractivity contribution in [1.82, 2.24) is 14.5 Å². The van der Waals surface area contributed by atoms with Crippen LogP contribution in [0.15, 0.2) is 64.1 Å². The summed E-state index contributed by atoms with van der Waals surface area (Å²) in [6.07, 6.45) is -2.13. The quantitative estimate of drug-likeness (QED) is 0.437. The fourth-order valence-electron chi connectivity index (χ4n) is 3.61. The third-order valence-electron chi connectivity index (χ3n) is 5.48. The molecular formula is C22H17ClF3N3O4. The zero-order valence-electron chi connectivity index (χ0n) is 17.3. The summed E-state index contributed by atoms with van der Waals surface area (Å²) in [5.41, 5.74) is -3.51. The van der Waals surface area contributed by atoms with E-state index in [1.54, 1.807) is 6.07 Å². The van der Waals surface area contributed by atoms with Crippen LogP contribution in [0.1, 0.15) is 24.0 Å². The highest BCUT2D eigenvalue weighted by atomic mass is 35.5. The van der Waals surface area contributed by atoms with Gasteiger partial charge in [0.1, 0.15) is 5.75 Å². The first kappa shape index (κ1) is 22.8. The van der Waals surface area contributed by atoms with Gasteiger partial charge in [-0.3, -0.25) is 4.57 Å². The van der Waals surface area contributed by atoms with Crippen LogP contribution in [0.2, 0.25) is 5.02 Å². The normalized spacial score (nSPS) is 14.8. The number of fused-ring (bicyclic) bond motifs is 1. The highest BCUT2D eigenvalue weighted by Gasteiger charge is 2.59. The smallest absolute Gasteiger partial charge is 0.422 e. The van der Waals surface area contributed by atoms with Crippen LogP contribution in [0.3, 0.4) is 0 Å². The summed E-state index contributed by atoms with van der Waals surface area (Å²) in [6, 6.07) is 9.09. The molecule has 33 heavy (non-hydrogen) atoms. The number of nitrogens with zero attached hydrogens (tertiary/aromatic N) is 3. The molecule has 0 saturated heterocycles. The first-order valence-electron chi connectivity index (χ1n) is 9.66. The van der Waals surface area contributed by atoms with Crippen LogP contribution in [-0.4, -0.2) is 25.8 Å². The minimum atomic E-state index is -5.07. The minimum absolute atomic E-state index is 0.0407. The lowest BCUT2D eigenvalue weighted by Crippen LogP contribution is -2.46. The van der Waals surface area contributed by atoms with Crippen molar-refractivity contribution in [2.45, 2.75) is 24.6 Å². The van der Waals surface area contributed by atoms with Crippen molar-refractivity contribution in [1.29, 1.82) is 0 Å². The lowest BCUT2D eigenvalue weighted by atomic mass is 9.77. The number of benzene rings is 2. The SMILES string of the molecule is C[C@H](c1ccc(Oc2ncccn2)cc1Cl)[C@@](O)(c1ccc2oc(=O)n(C)c2c1)C(F)(F)F. The van der Waals surface area contributed by atoms with Crippen LogP contribution in [0, 0.1) is 0 Å². The third-order valence-corrected chi connectivity index (χ3v) is 5.81. The van der Waals surface area contributed by atoms with Gasteiger partial charge in [-0.25, -0.2) is 14.8 Å². The number of rotatable bonds is 5. The zero-order chi connectivity index (χ0) is 24.0. The molecule has 0 fully saturated rings. The van der Waals surface area contributed by atoms with E-state index in [1.807, 2.05) is 0 Å². The maximum atomic E-state index is 14.3. The first-order valence-corrected chi connectivity index (χ1v) is 10.0. The van der Waals surface area contributed by atoms with E-state index in [1.165, 1.54) is 50.6 Å². The third kappa shape index (κ3) is 3.96. The molecule has 0 radical (unpaired) electrons. The Morgan fingerprint density at radius 3 is 2.48 bits per heavy atom. The Kier molecular flexibility index (Phi) is 5.67. The summed E-state index contributed by atoms with van der Waals surface area (Å²) in [7, 11) is 1.36. The van der Waals surface area contributed by atoms with Crippen molar-refractivity contribution in [2.75, 3.05) is 0 Å². The van der Waals surface area contributed by atoms with E-state index in [-0.39, 0.29) is 33.4 Å². The van der Waals surface area contributed by atoms with Gasteiger partial charge in [0.25, 0.3) is 0 Å². The highest BCUT2D eigenvalue weighted by molar-refractivity contribution is 6.31. The molecule has 1 N–H and O–H groups in total. The van der Waals surface area contributed by atoms with Gasteiger partial charge in [0.2, 0.25) is 0 Å². The topological polar surface area (TPSA) is 90.4 Å². The Hall–Kier alpha value is -3.37. The molecule has 0 aliphatic heterocycles. The number of ether oxygens (including phenoxy) is 1. The summed E-state index contributed by atoms with van der Waals surface area (Å²) in [4.78, 5) is 19.6. The number of aromatic nitrogens is 3. The molecular weight excluding hydrogens is 463 g/mol. The Morgan fingerprint density at radius 2 is 1.85 bits per heavy atom. The molecule has 4 aromatic rings. The van der Waals surface area contributed by atoms with Crippen LogP contribution in [-0.2, 0) is 12.6 Å². The van der Waals surface area contributed by atoms with Crippen LogP contribution in [0.25, 0.3) is 11.1 Å². The second-order valence-corrected chi connectivity index (χ2v) is 7.82. The zero-order valence-corrected chi connectivity index (χ0v) is 18.1. The molecule has 0 unspecified atom stereocenters. The van der Waals surface area contributed by atoms with Crippen LogP contribution in [0.5, 0.6) is 11.8 Å². The van der Waals surface area contributed by atoms with Crippen molar-refractivity contribution in [2.24, 2.45) is 7.05 Å². The van der Waals surface area contributed by atoms with Crippen molar-refractivity contribution in [3.05, 3.63) is 81.6 Å². The molecule has 2 aromatic carbocycles. The predicted octanol–water partition coefficient (Wildman–Crippen LogP) is 4.92. The molecule has 2 atom stereocenters. The molecule has 0 aliphatic carbocycles. The molecule has 7 nitrogen and oxygen atoms in total. The Labute approximate surface area is 190 Å². The number of halogens is 4. The number of aryl methyl sites for hydroxylation is 1. The largest absolute Gasteiger partial charge is 0.424 e. The molecule has 0 spiro atoms. The van der Waals surface area contributed by atoms with E-state index in [4.69, 9.17) is 20.8 Å². The van der Waals surface area contributed by atoms with Gasteiger partial charge >= 0.3 is 17.9 Å². The van der Waals surface area contributed by atoms with Gasteiger partial charge in [-0.1, -0.05) is 30.7 Å². The number of hydrogen-bond donors (Lipinski definition) is 1. The van der Waals surface area contributed by atoms with Gasteiger partial charge in [0, 0.05) is 30.4 Å². The first-order chi connectivity index (χ1) is 15.5. The molecule has 2 heterocycles. The van der Waals surface area contributed by atoms with Crippen LogP contribution in [0.4, 0.5) is 13.2 Å². The summed E-state index contributed by atoms with van der Waals surface area (Å²) >= 11 is 6.30. The van der Waals surface area contributed by atoms with E-state index in [2.05, 4.69) is 9.97 Å². The Balaban J connectivity index is 1.76. The molecule has 0 aliphatic rings. The van der Waals surface area contributed by atoms with Crippen LogP contribution < -0.4 is 10.5 Å². The average Bonchev–Trinajstić information content (AvgIpc) is 3.06. The van der Waals surface area contributed by atoms with Crippen molar-refractivity contribution < 1.29 is 27.4 Å². The van der Waals surface area contributed by atoms with Gasteiger partial charge in [0.15, 0.2) is 11.2 Å². The molecule has 0 bridgehead atoms. The molecule has 0 saturated carbocycles. The molecule has 0 amide bonds. The Morgan fingerprint density at radius 1 is 1.15 bits per heavy atom. The van der Waals surface area contributed by atoms with E-state index >= 15 is 0 Å². The van der Waals surface area contributed by atoms with Crippen molar-refractivity contribution in [3.8, 4) is 11.8 Å². The number of hydrogen-bond acceptors (Lipinski definition) is 6. The molecule has 4 rings (SSSR count). The monoisotopic (exact) mass is 479 g/mol. The second-order valence-electron chi connectivity index (χ2n) is 7.41. The number of alkyl halides is 3. The van der Waals surface area contributed by atoms with Gasteiger partial charge in [0.05, 0.1) is 5.52 Å². The van der Waals surface area contributed by atoms with Crippen molar-refractivity contribution in [3.63, 3.8) is 0 Å².